The molecule has 0 unspecified atom stereocenters. The van der Waals surface area contributed by atoms with Crippen LogP contribution in [0.5, 0.6) is 0 Å². The largest absolute Gasteiger partial charge is 0.340 e. The second-order valence-corrected chi connectivity index (χ2v) is 6.82. The van der Waals surface area contributed by atoms with Gasteiger partial charge in [-0.25, -0.2) is 0 Å². The van der Waals surface area contributed by atoms with E-state index >= 15 is 0 Å². The Labute approximate surface area is 151 Å². The normalized spacial score (nSPS) is 15.3. The minimum absolute atomic E-state index is 0.328. The molecule has 1 heterocycles. The molecular weight excluding hydrogens is 308 g/mol. The highest BCUT2D eigenvalue weighted by molar-refractivity contribution is 5.76. The van der Waals surface area contributed by atoms with Crippen molar-refractivity contribution in [1.29, 1.82) is 0 Å². The Hall–Kier alpha value is -2.13. The molecule has 0 N–H and O–H groups in total. The lowest BCUT2D eigenvalue weighted by atomic mass is 10.0. The van der Waals surface area contributed by atoms with E-state index in [2.05, 4.69) is 60.4 Å². The van der Waals surface area contributed by atoms with E-state index in [1.54, 1.807) is 0 Å². The number of rotatable bonds is 6. The Balaban J connectivity index is 1.50. The smallest absolute Gasteiger partial charge is 0.222 e. The summed E-state index contributed by atoms with van der Waals surface area (Å²) < 4.78 is 0. The molecule has 3 rings (SSSR count). The molecule has 0 atom stereocenters. The fourth-order valence-corrected chi connectivity index (χ4v) is 3.33. The number of nitrogens with zero attached hydrogens (tertiary/aromatic N) is 2. The zero-order valence-electron chi connectivity index (χ0n) is 15.2. The lowest BCUT2D eigenvalue weighted by Crippen LogP contribution is -2.48. The number of carbonyl (C=O) groups is 1. The average Bonchev–Trinajstić information content (AvgIpc) is 2.68. The summed E-state index contributed by atoms with van der Waals surface area (Å²) in [5.74, 6) is 0.328. The minimum Gasteiger partial charge on any atom is -0.340 e. The Kier molecular flexibility index (Phi) is 6.24. The van der Waals surface area contributed by atoms with Gasteiger partial charge in [-0.2, -0.15) is 0 Å². The predicted octanol–water partition coefficient (Wildman–Crippen LogP) is 4.19. The zero-order valence-corrected chi connectivity index (χ0v) is 15.2. The Morgan fingerprint density at radius 2 is 1.52 bits per heavy atom. The Bertz CT molecular complexity index is 658. The lowest BCUT2D eigenvalue weighted by molar-refractivity contribution is -0.133. The molecule has 2 aromatic carbocycles. The number of unbranched alkanes of at least 4 members (excludes halogenated alkanes) is 1. The highest BCUT2D eigenvalue weighted by Gasteiger charge is 2.20. The van der Waals surface area contributed by atoms with Gasteiger partial charge in [-0.05, 0) is 23.1 Å². The molecule has 0 bridgehead atoms. The number of amides is 1. The van der Waals surface area contributed by atoms with E-state index in [9.17, 15) is 4.79 Å². The number of piperazine rings is 1. The molecule has 1 fully saturated rings. The van der Waals surface area contributed by atoms with Crippen molar-refractivity contribution in [3.8, 4) is 11.1 Å². The summed E-state index contributed by atoms with van der Waals surface area (Å²) in [6, 6.07) is 19.3. The van der Waals surface area contributed by atoms with Crippen LogP contribution in [0.3, 0.4) is 0 Å². The summed E-state index contributed by atoms with van der Waals surface area (Å²) in [6.45, 7) is 6.77. The van der Waals surface area contributed by atoms with Crippen molar-refractivity contribution >= 4 is 5.91 Å². The molecule has 1 aliphatic rings. The van der Waals surface area contributed by atoms with Crippen molar-refractivity contribution in [3.05, 3.63) is 60.2 Å². The lowest BCUT2D eigenvalue weighted by Gasteiger charge is -2.34. The fourth-order valence-electron chi connectivity index (χ4n) is 3.33. The molecule has 1 saturated heterocycles. The van der Waals surface area contributed by atoms with Gasteiger partial charge in [-0.1, -0.05) is 67.9 Å². The van der Waals surface area contributed by atoms with Crippen LogP contribution in [0.4, 0.5) is 0 Å². The quantitative estimate of drug-likeness (QED) is 0.790. The van der Waals surface area contributed by atoms with Gasteiger partial charge in [0.25, 0.3) is 0 Å². The van der Waals surface area contributed by atoms with Crippen LogP contribution >= 0.6 is 0 Å². The van der Waals surface area contributed by atoms with E-state index in [0.717, 1.165) is 45.6 Å². The number of carbonyl (C=O) groups excluding carboxylic acids is 1. The van der Waals surface area contributed by atoms with Crippen molar-refractivity contribution in [2.45, 2.75) is 32.7 Å². The van der Waals surface area contributed by atoms with Gasteiger partial charge in [0.1, 0.15) is 0 Å². The first-order valence-corrected chi connectivity index (χ1v) is 9.41. The molecule has 0 aliphatic carbocycles. The fraction of sp³-hybridized carbons (Fsp3) is 0.409. The molecular formula is C22H28N2O. The van der Waals surface area contributed by atoms with Gasteiger partial charge in [-0.15, -0.1) is 0 Å². The first-order chi connectivity index (χ1) is 12.3. The first-order valence-electron chi connectivity index (χ1n) is 9.41. The number of hydrogen-bond donors (Lipinski definition) is 0. The van der Waals surface area contributed by atoms with E-state index in [4.69, 9.17) is 0 Å². The van der Waals surface area contributed by atoms with E-state index < -0.39 is 0 Å². The van der Waals surface area contributed by atoms with E-state index in [0.29, 0.717) is 12.3 Å². The molecule has 0 radical (unpaired) electrons. The Morgan fingerprint density at radius 1 is 0.880 bits per heavy atom. The minimum atomic E-state index is 0.328. The number of benzene rings is 2. The second kappa shape index (κ2) is 8.82. The topological polar surface area (TPSA) is 23.6 Å². The van der Waals surface area contributed by atoms with Gasteiger partial charge in [0.2, 0.25) is 5.91 Å². The highest BCUT2D eigenvalue weighted by Crippen LogP contribution is 2.20. The monoisotopic (exact) mass is 336 g/mol. The molecule has 1 amide bonds. The maximum Gasteiger partial charge on any atom is 0.222 e. The summed E-state index contributed by atoms with van der Waals surface area (Å²) in [6.07, 6.45) is 2.80. The van der Waals surface area contributed by atoms with E-state index in [-0.39, 0.29) is 0 Å². The van der Waals surface area contributed by atoms with E-state index in [1.807, 2.05) is 11.0 Å². The van der Waals surface area contributed by atoms with Crippen molar-refractivity contribution in [3.63, 3.8) is 0 Å². The van der Waals surface area contributed by atoms with Crippen LogP contribution in [0.25, 0.3) is 11.1 Å². The second-order valence-electron chi connectivity index (χ2n) is 6.82. The molecule has 3 nitrogen and oxygen atoms in total. The Morgan fingerprint density at radius 3 is 2.16 bits per heavy atom. The van der Waals surface area contributed by atoms with Gasteiger partial charge in [0.05, 0.1) is 0 Å². The third-order valence-corrected chi connectivity index (χ3v) is 4.94. The third-order valence-electron chi connectivity index (χ3n) is 4.94. The van der Waals surface area contributed by atoms with Crippen LogP contribution in [-0.2, 0) is 11.3 Å². The van der Waals surface area contributed by atoms with Crippen LogP contribution in [0, 0.1) is 0 Å². The molecule has 1 aliphatic heterocycles. The van der Waals surface area contributed by atoms with Crippen molar-refractivity contribution in [2.24, 2.45) is 0 Å². The van der Waals surface area contributed by atoms with Gasteiger partial charge < -0.3 is 4.90 Å². The van der Waals surface area contributed by atoms with E-state index in [1.165, 1.54) is 16.7 Å². The van der Waals surface area contributed by atoms with Gasteiger partial charge in [0.15, 0.2) is 0 Å². The number of hydrogen-bond acceptors (Lipinski definition) is 2. The summed E-state index contributed by atoms with van der Waals surface area (Å²) in [7, 11) is 0. The molecule has 3 heteroatoms. The highest BCUT2D eigenvalue weighted by atomic mass is 16.2. The van der Waals surface area contributed by atoms with Crippen LogP contribution in [0.1, 0.15) is 31.7 Å². The SMILES string of the molecule is CCCCC(=O)N1CCN(Cc2ccc(-c3ccccc3)cc2)CC1. The summed E-state index contributed by atoms with van der Waals surface area (Å²) in [4.78, 5) is 16.6. The maximum atomic E-state index is 12.1. The average molecular weight is 336 g/mol. The van der Waals surface area contributed by atoms with Crippen molar-refractivity contribution in [1.82, 2.24) is 9.80 Å². The van der Waals surface area contributed by atoms with Crippen LogP contribution in [0.2, 0.25) is 0 Å². The predicted molar refractivity (Wildman–Crippen MR) is 103 cm³/mol. The third kappa shape index (κ3) is 4.93. The molecule has 0 spiro atoms. The summed E-state index contributed by atoms with van der Waals surface area (Å²) in [5.41, 5.74) is 3.86. The van der Waals surface area contributed by atoms with Gasteiger partial charge >= 0.3 is 0 Å². The van der Waals surface area contributed by atoms with Crippen LogP contribution < -0.4 is 0 Å². The molecule has 25 heavy (non-hydrogen) atoms. The first kappa shape index (κ1) is 17.7. The summed E-state index contributed by atoms with van der Waals surface area (Å²) in [5, 5.41) is 0. The molecule has 0 aromatic heterocycles. The zero-order chi connectivity index (χ0) is 17.5. The summed E-state index contributed by atoms with van der Waals surface area (Å²) >= 11 is 0. The molecule has 0 saturated carbocycles. The van der Waals surface area contributed by atoms with Crippen molar-refractivity contribution in [2.75, 3.05) is 26.2 Å². The maximum absolute atomic E-state index is 12.1. The van der Waals surface area contributed by atoms with Crippen molar-refractivity contribution < 1.29 is 4.79 Å². The van der Waals surface area contributed by atoms with Crippen LogP contribution in [0.15, 0.2) is 54.6 Å². The standard InChI is InChI=1S/C22H28N2O/c1-2-3-9-22(25)24-16-14-23(15-17-24)18-19-10-12-21(13-11-19)20-7-5-4-6-8-20/h4-8,10-13H,2-3,9,14-18H2,1H3. The molecule has 2 aromatic rings. The van der Waals surface area contributed by atoms with Gasteiger partial charge in [0, 0.05) is 39.1 Å². The van der Waals surface area contributed by atoms with Crippen LogP contribution in [-0.4, -0.2) is 41.9 Å². The molecule has 132 valence electrons. The van der Waals surface area contributed by atoms with Gasteiger partial charge in [-0.3, -0.25) is 9.69 Å².